The van der Waals surface area contributed by atoms with E-state index in [1.165, 1.54) is 74.9 Å². The maximum atomic E-state index is 13.4. The summed E-state index contributed by atoms with van der Waals surface area (Å²) in [7, 11) is -4.20. The quantitative estimate of drug-likeness (QED) is 0.171. The second-order valence-corrected chi connectivity index (χ2v) is 25.5. The second kappa shape index (κ2) is 16.0. The van der Waals surface area contributed by atoms with E-state index in [1.54, 1.807) is 19.4 Å². The Bertz CT molecular complexity index is 1360. The van der Waals surface area contributed by atoms with Crippen molar-refractivity contribution in [3.8, 4) is 0 Å². The van der Waals surface area contributed by atoms with Gasteiger partial charge in [-0.25, -0.2) is 12.4 Å². The van der Waals surface area contributed by atoms with E-state index >= 15 is 0 Å². The van der Waals surface area contributed by atoms with Gasteiger partial charge in [0.05, 0.1) is 28.3 Å². The number of unbranched alkanes of at least 4 members (excludes halogenated alkanes) is 3. The molecule has 0 saturated carbocycles. The Balaban J connectivity index is 0.000000337. The summed E-state index contributed by atoms with van der Waals surface area (Å²) in [5, 5.41) is 9.26. The Kier molecular flexibility index (Phi) is 13.7. The van der Waals surface area contributed by atoms with Gasteiger partial charge in [-0.05, 0) is 35.9 Å². The summed E-state index contributed by atoms with van der Waals surface area (Å²) in [6.45, 7) is 13.9. The van der Waals surface area contributed by atoms with Gasteiger partial charge < -0.3 is 5.11 Å². The van der Waals surface area contributed by atoms with Crippen LogP contribution in [0.1, 0.15) is 76.1 Å². The first kappa shape index (κ1) is 35.2. The summed E-state index contributed by atoms with van der Waals surface area (Å²) < 4.78 is 74.2. The Hall–Kier alpha value is -2.04. The van der Waals surface area contributed by atoms with Gasteiger partial charge in [0, 0.05) is 5.39 Å². The van der Waals surface area contributed by atoms with E-state index in [9.17, 15) is 26.7 Å². The van der Waals surface area contributed by atoms with Crippen LogP contribution < -0.4 is 0 Å². The molecule has 0 aliphatic heterocycles. The fourth-order valence-corrected chi connectivity index (χ4v) is 19.6. The monoisotopic (exact) mass is 699 g/mol. The molecule has 0 bridgehead atoms. The van der Waals surface area contributed by atoms with Crippen LogP contribution in [0.5, 0.6) is 0 Å². The third kappa shape index (κ3) is 8.97. The first-order chi connectivity index (χ1) is 19.4. The molecule has 226 valence electrons. The molecule has 1 N–H and O–H groups in total. The van der Waals surface area contributed by atoms with Crippen molar-refractivity contribution in [2.75, 3.05) is 0 Å². The number of aromatic nitrogens is 1. The summed E-state index contributed by atoms with van der Waals surface area (Å²) in [4.78, 5) is -0.0928. The summed E-state index contributed by atoms with van der Waals surface area (Å²) in [6.07, 6.45) is 4.98. The Labute approximate surface area is 247 Å². The molecule has 0 spiro atoms. The fraction of sp³-hybridized carbons (Fsp3) is 0.438. The number of alkyl halides is 3. The topological polar surface area (TPSA) is 59.3 Å². The van der Waals surface area contributed by atoms with Crippen LogP contribution in [0.3, 0.4) is 0 Å². The van der Waals surface area contributed by atoms with E-state index in [-0.39, 0.29) is 27.1 Å². The number of benzene rings is 2. The van der Waals surface area contributed by atoms with Crippen LogP contribution in [0.25, 0.3) is 17.0 Å². The van der Waals surface area contributed by atoms with Gasteiger partial charge in [-0.2, -0.15) is 13.2 Å². The zero-order chi connectivity index (χ0) is 30.7. The van der Waals surface area contributed by atoms with Crippen LogP contribution in [0, 0.1) is 0 Å². The first-order valence-corrected chi connectivity index (χ1v) is 23.5. The summed E-state index contributed by atoms with van der Waals surface area (Å²) in [5.74, 6) is 0. The average molecular weight is 698 g/mol. The molecule has 9 heteroatoms. The molecular weight excluding hydrogens is 654 g/mol. The van der Waals surface area contributed by atoms with Crippen molar-refractivity contribution in [1.82, 2.24) is 3.97 Å². The van der Waals surface area contributed by atoms with Gasteiger partial charge in [0.15, 0.2) is 0 Å². The standard InChI is InChI=1S/C18H14F3NO3S.3C4H9.C2H3.Sn/c1-2-12-8-16(18(19,20)21)15-10-13(11-23)22(17(15)9-12)26(24,25)14-6-4-3-5-7-14;3*1-3-4-2;1-2;/h2-10,23H,1,11H2;3*1,3-4H2,2H3;1H,2H2;. The molecule has 1 heterocycles. The van der Waals surface area contributed by atoms with Crippen LogP contribution >= 0.6 is 0 Å². The molecule has 0 radical (unpaired) electrons. The zero-order valence-corrected chi connectivity index (χ0v) is 28.2. The van der Waals surface area contributed by atoms with Crippen molar-refractivity contribution >= 4 is 45.4 Å². The van der Waals surface area contributed by atoms with Crippen molar-refractivity contribution in [3.63, 3.8) is 0 Å². The van der Waals surface area contributed by atoms with Crippen LogP contribution in [-0.4, -0.2) is 35.9 Å². The van der Waals surface area contributed by atoms with Crippen molar-refractivity contribution in [2.24, 2.45) is 0 Å². The number of fused-ring (bicyclic) bond motifs is 1. The number of nitrogens with zero attached hydrogens (tertiary/aromatic N) is 1. The van der Waals surface area contributed by atoms with E-state index in [0.717, 1.165) is 16.1 Å². The summed E-state index contributed by atoms with van der Waals surface area (Å²) >= 11 is -1.85. The molecule has 0 saturated heterocycles. The van der Waals surface area contributed by atoms with E-state index in [1.807, 2.05) is 0 Å². The van der Waals surface area contributed by atoms with Crippen LogP contribution in [0.2, 0.25) is 13.3 Å². The van der Waals surface area contributed by atoms with Crippen LogP contribution in [-0.2, 0) is 22.8 Å². The van der Waals surface area contributed by atoms with E-state index in [4.69, 9.17) is 0 Å². The van der Waals surface area contributed by atoms with E-state index < -0.39 is 46.7 Å². The van der Waals surface area contributed by atoms with Gasteiger partial charge in [-0.15, -0.1) is 0 Å². The van der Waals surface area contributed by atoms with Gasteiger partial charge in [0.1, 0.15) is 0 Å². The molecule has 3 aromatic rings. The number of aliphatic hydroxyl groups is 1. The normalized spacial score (nSPS) is 12.2. The predicted octanol–water partition coefficient (Wildman–Crippen LogP) is 9.59. The van der Waals surface area contributed by atoms with Gasteiger partial charge in [0.25, 0.3) is 10.0 Å². The molecule has 0 atom stereocenters. The van der Waals surface area contributed by atoms with E-state index in [2.05, 4.69) is 38.0 Å². The SMILES string of the molecule is C=Cc1cc(C(F)(F)F)c2cc(CO)n(S(=O)(=O)c3ccccc3)c2c1.C=[CH][Sn]([CH2]CCC)([CH2]CCC)[CH2]CCC. The zero-order valence-electron chi connectivity index (χ0n) is 24.5. The molecule has 41 heavy (non-hydrogen) atoms. The summed E-state index contributed by atoms with van der Waals surface area (Å²) in [6, 6.07) is 10.6. The molecule has 3 rings (SSSR count). The van der Waals surface area contributed by atoms with Gasteiger partial charge in [0.2, 0.25) is 0 Å². The van der Waals surface area contributed by atoms with Gasteiger partial charge >= 0.3 is 108 Å². The van der Waals surface area contributed by atoms with Crippen LogP contribution in [0.4, 0.5) is 13.2 Å². The third-order valence-electron chi connectivity index (χ3n) is 7.47. The fourth-order valence-electron chi connectivity index (χ4n) is 5.07. The minimum atomic E-state index is -4.69. The number of aliphatic hydroxyl groups excluding tert-OH is 1. The second-order valence-electron chi connectivity index (χ2n) is 10.5. The van der Waals surface area contributed by atoms with Crippen LogP contribution in [0.15, 0.2) is 70.7 Å². The van der Waals surface area contributed by atoms with Crippen molar-refractivity contribution in [2.45, 2.75) is 90.3 Å². The first-order valence-electron chi connectivity index (χ1n) is 14.4. The molecule has 0 amide bonds. The molecule has 0 aliphatic carbocycles. The van der Waals surface area contributed by atoms with Crippen molar-refractivity contribution < 1.29 is 26.7 Å². The van der Waals surface area contributed by atoms with Gasteiger partial charge in [-0.1, -0.05) is 30.9 Å². The molecule has 0 aliphatic rings. The predicted molar refractivity (Wildman–Crippen MR) is 167 cm³/mol. The van der Waals surface area contributed by atoms with Crippen molar-refractivity contribution in [3.05, 3.63) is 82.6 Å². The number of rotatable bonds is 14. The molecular formula is C32H44F3NO3SSn. The molecule has 0 unspecified atom stereocenters. The molecule has 1 aromatic heterocycles. The number of hydrogen-bond acceptors (Lipinski definition) is 3. The molecule has 2 aromatic carbocycles. The minimum absolute atomic E-state index is 0.0928. The Morgan fingerprint density at radius 3 is 1.85 bits per heavy atom. The molecule has 4 nitrogen and oxygen atoms in total. The number of halogens is 3. The third-order valence-corrected chi connectivity index (χ3v) is 23.3. The Morgan fingerprint density at radius 1 is 0.902 bits per heavy atom. The Morgan fingerprint density at radius 2 is 1.44 bits per heavy atom. The number of hydrogen-bond donors (Lipinski definition) is 1. The van der Waals surface area contributed by atoms with E-state index in [0.29, 0.717) is 0 Å². The summed E-state index contributed by atoms with van der Waals surface area (Å²) in [5.41, 5.74) is -1.18. The maximum absolute atomic E-state index is 13.4. The van der Waals surface area contributed by atoms with Gasteiger partial charge in [-0.3, -0.25) is 0 Å². The average Bonchev–Trinajstić information content (AvgIpc) is 3.36. The van der Waals surface area contributed by atoms with Crippen molar-refractivity contribution in [1.29, 1.82) is 0 Å². The molecule has 0 fully saturated rings.